The van der Waals surface area contributed by atoms with Crippen molar-refractivity contribution in [2.75, 3.05) is 18.5 Å². The van der Waals surface area contributed by atoms with Crippen LogP contribution in [0.2, 0.25) is 0 Å². The number of pyridine rings is 1. The highest BCUT2D eigenvalue weighted by atomic mass is 16.5. The average Bonchev–Trinajstić information content (AvgIpc) is 3.46. The van der Waals surface area contributed by atoms with Crippen LogP contribution < -0.4 is 15.4 Å². The fourth-order valence-electron chi connectivity index (χ4n) is 2.94. The largest absolute Gasteiger partial charge is 0.491 e. The van der Waals surface area contributed by atoms with Crippen LogP contribution in [0.5, 0.6) is 5.75 Å². The molecular weight excluding hydrogens is 372 g/mol. The van der Waals surface area contributed by atoms with E-state index < -0.39 is 0 Å². The molecule has 0 radical (unpaired) electrons. The van der Waals surface area contributed by atoms with E-state index in [-0.39, 0.29) is 12.1 Å². The Hall–Kier alpha value is -3.46. The Morgan fingerprint density at radius 1 is 1.24 bits per heavy atom. The fraction of sp³-hybridized carbons (Fsp3) is 0.300. The van der Waals surface area contributed by atoms with Crippen LogP contribution in [0.4, 0.5) is 10.5 Å². The molecule has 1 fully saturated rings. The summed E-state index contributed by atoms with van der Waals surface area (Å²) in [5.74, 6) is 1.42. The van der Waals surface area contributed by atoms with Gasteiger partial charge in [0.2, 0.25) is 0 Å². The topological polar surface area (TPSA) is 103 Å². The van der Waals surface area contributed by atoms with Gasteiger partial charge in [-0.3, -0.25) is 0 Å². The lowest BCUT2D eigenvalue weighted by atomic mass is 10.2. The molecule has 2 N–H and O–H groups in total. The van der Waals surface area contributed by atoms with Crippen LogP contribution in [-0.4, -0.2) is 45.1 Å². The zero-order valence-electron chi connectivity index (χ0n) is 15.8. The molecule has 2 amide bonds. The first-order valence-corrected chi connectivity index (χ1v) is 9.45. The van der Waals surface area contributed by atoms with Crippen molar-refractivity contribution in [2.45, 2.75) is 25.5 Å². The third-order valence-electron chi connectivity index (χ3n) is 4.49. The lowest BCUT2D eigenvalue weighted by molar-refractivity contribution is 0.0679. The minimum absolute atomic E-state index is 0.179. The van der Waals surface area contributed by atoms with Gasteiger partial charge in [0.05, 0.1) is 6.10 Å². The molecule has 9 heteroatoms. The van der Waals surface area contributed by atoms with Crippen molar-refractivity contribution in [2.24, 2.45) is 0 Å². The van der Waals surface area contributed by atoms with Gasteiger partial charge in [-0.05, 0) is 48.7 Å². The van der Waals surface area contributed by atoms with E-state index in [4.69, 9.17) is 9.47 Å². The smallest absolute Gasteiger partial charge is 0.319 e. The molecule has 0 unspecified atom stereocenters. The van der Waals surface area contributed by atoms with Crippen LogP contribution in [-0.2, 0) is 11.3 Å². The van der Waals surface area contributed by atoms with Crippen molar-refractivity contribution in [1.82, 2.24) is 25.1 Å². The first kappa shape index (κ1) is 18.9. The second-order valence-electron chi connectivity index (χ2n) is 6.64. The lowest BCUT2D eigenvalue weighted by Crippen LogP contribution is -2.28. The van der Waals surface area contributed by atoms with Crippen LogP contribution in [0.15, 0.2) is 55.2 Å². The molecular formula is C20H22N6O3. The van der Waals surface area contributed by atoms with Gasteiger partial charge in [0.1, 0.15) is 25.0 Å². The fourth-order valence-corrected chi connectivity index (χ4v) is 2.94. The zero-order valence-corrected chi connectivity index (χ0v) is 15.8. The average molecular weight is 394 g/mol. The Morgan fingerprint density at radius 2 is 2.14 bits per heavy atom. The van der Waals surface area contributed by atoms with Crippen LogP contribution >= 0.6 is 0 Å². The van der Waals surface area contributed by atoms with E-state index >= 15 is 0 Å². The Balaban J connectivity index is 1.22. The van der Waals surface area contributed by atoms with Gasteiger partial charge in [0, 0.05) is 25.0 Å². The molecule has 1 aliphatic heterocycles. The van der Waals surface area contributed by atoms with Crippen molar-refractivity contribution in [1.29, 1.82) is 0 Å². The van der Waals surface area contributed by atoms with Gasteiger partial charge in [0.25, 0.3) is 0 Å². The Morgan fingerprint density at radius 3 is 2.83 bits per heavy atom. The maximum absolute atomic E-state index is 12.1. The third-order valence-corrected chi connectivity index (χ3v) is 4.49. The molecule has 0 aliphatic carbocycles. The second-order valence-corrected chi connectivity index (χ2v) is 6.64. The number of urea groups is 1. The molecule has 0 spiro atoms. The predicted molar refractivity (Wildman–Crippen MR) is 106 cm³/mol. The molecule has 3 aromatic rings. The van der Waals surface area contributed by atoms with E-state index in [9.17, 15) is 4.79 Å². The molecule has 1 aromatic carbocycles. The first-order valence-electron chi connectivity index (χ1n) is 9.45. The minimum atomic E-state index is -0.293. The van der Waals surface area contributed by atoms with Gasteiger partial charge in [-0.2, -0.15) is 5.10 Å². The molecule has 29 heavy (non-hydrogen) atoms. The van der Waals surface area contributed by atoms with Crippen LogP contribution in [0.1, 0.15) is 18.4 Å². The van der Waals surface area contributed by atoms with E-state index in [0.29, 0.717) is 24.7 Å². The molecule has 0 saturated carbocycles. The minimum Gasteiger partial charge on any atom is -0.491 e. The van der Waals surface area contributed by atoms with Gasteiger partial charge >= 0.3 is 6.03 Å². The number of carbonyl (C=O) groups is 1. The van der Waals surface area contributed by atoms with Crippen LogP contribution in [0.3, 0.4) is 0 Å². The Kier molecular flexibility index (Phi) is 5.96. The number of benzene rings is 1. The number of carbonyl (C=O) groups excluding carboxylic acids is 1. The van der Waals surface area contributed by atoms with E-state index in [1.54, 1.807) is 29.3 Å². The zero-order chi connectivity index (χ0) is 19.9. The summed E-state index contributed by atoms with van der Waals surface area (Å²) in [6.45, 7) is 1.73. The third kappa shape index (κ3) is 5.29. The van der Waals surface area contributed by atoms with Crippen molar-refractivity contribution >= 4 is 11.7 Å². The highest BCUT2D eigenvalue weighted by molar-refractivity contribution is 5.89. The molecule has 2 aromatic heterocycles. The number of nitrogens with one attached hydrogen (secondary N) is 2. The summed E-state index contributed by atoms with van der Waals surface area (Å²) >= 11 is 0. The first-order chi connectivity index (χ1) is 14.3. The summed E-state index contributed by atoms with van der Waals surface area (Å²) in [6, 6.07) is 10.7. The summed E-state index contributed by atoms with van der Waals surface area (Å²) < 4.78 is 12.8. The molecule has 9 nitrogen and oxygen atoms in total. The summed E-state index contributed by atoms with van der Waals surface area (Å²) in [5.41, 5.74) is 1.56. The molecule has 1 saturated heterocycles. The van der Waals surface area contributed by atoms with Gasteiger partial charge in [-0.25, -0.2) is 19.4 Å². The summed E-state index contributed by atoms with van der Waals surface area (Å²) in [6.07, 6.45) is 7.03. The summed E-state index contributed by atoms with van der Waals surface area (Å²) in [5, 5.41) is 9.63. The maximum atomic E-state index is 12.1. The van der Waals surface area contributed by atoms with E-state index in [2.05, 4.69) is 25.7 Å². The van der Waals surface area contributed by atoms with Crippen molar-refractivity contribution in [3.05, 3.63) is 60.8 Å². The number of rotatable bonds is 7. The van der Waals surface area contributed by atoms with Crippen molar-refractivity contribution in [3.63, 3.8) is 0 Å². The number of anilines is 1. The summed E-state index contributed by atoms with van der Waals surface area (Å²) in [4.78, 5) is 20.3. The second kappa shape index (κ2) is 9.16. The molecule has 1 atom stereocenters. The van der Waals surface area contributed by atoms with Gasteiger partial charge < -0.3 is 20.1 Å². The molecule has 150 valence electrons. The van der Waals surface area contributed by atoms with E-state index in [0.717, 1.165) is 30.8 Å². The quantitative estimate of drug-likeness (QED) is 0.638. The number of nitrogens with zero attached hydrogens (tertiary/aromatic N) is 4. The lowest BCUT2D eigenvalue weighted by Gasteiger charge is -2.12. The van der Waals surface area contributed by atoms with Crippen molar-refractivity contribution < 1.29 is 14.3 Å². The Bertz CT molecular complexity index is 906. The highest BCUT2D eigenvalue weighted by Crippen LogP contribution is 2.18. The number of amides is 2. The number of ether oxygens (including phenoxy) is 2. The van der Waals surface area contributed by atoms with E-state index in [1.165, 1.54) is 6.33 Å². The SMILES string of the molecule is O=C(NCc1ccc(-n2cncn2)nc1)Nc1ccc(OC[C@H]2CCCO2)cc1. The van der Waals surface area contributed by atoms with Crippen LogP contribution in [0.25, 0.3) is 5.82 Å². The van der Waals surface area contributed by atoms with E-state index in [1.807, 2.05) is 24.3 Å². The molecule has 4 rings (SSSR count). The maximum Gasteiger partial charge on any atom is 0.319 e. The molecule has 1 aliphatic rings. The molecule has 3 heterocycles. The number of hydrogen-bond acceptors (Lipinski definition) is 6. The van der Waals surface area contributed by atoms with Crippen molar-refractivity contribution in [3.8, 4) is 11.6 Å². The Labute approximate surface area is 168 Å². The monoisotopic (exact) mass is 394 g/mol. The summed E-state index contributed by atoms with van der Waals surface area (Å²) in [7, 11) is 0. The number of aromatic nitrogens is 4. The normalized spacial score (nSPS) is 15.8. The van der Waals surface area contributed by atoms with Gasteiger partial charge in [0.15, 0.2) is 5.82 Å². The number of hydrogen-bond donors (Lipinski definition) is 2. The highest BCUT2D eigenvalue weighted by Gasteiger charge is 2.15. The standard InChI is InChI=1S/C20H22N6O3/c27-20(23-11-15-3-8-19(22-10-15)26-14-21-13-24-26)25-16-4-6-17(7-5-16)29-12-18-2-1-9-28-18/h3-8,10,13-14,18H,1-2,9,11-12H2,(H2,23,25,27)/t18-/m1/s1. The van der Waals surface area contributed by atoms with Gasteiger partial charge in [-0.15, -0.1) is 0 Å². The molecule has 0 bridgehead atoms. The predicted octanol–water partition coefficient (Wildman–Crippen LogP) is 2.54. The van der Waals surface area contributed by atoms with Gasteiger partial charge in [-0.1, -0.05) is 6.07 Å². The van der Waals surface area contributed by atoms with Crippen LogP contribution in [0, 0.1) is 0 Å².